The maximum Gasteiger partial charge on any atom is 0.263 e. The Morgan fingerprint density at radius 2 is 1.90 bits per heavy atom. The zero-order valence-corrected chi connectivity index (χ0v) is 11.4. The highest BCUT2D eigenvalue weighted by Gasteiger charge is 2.14. The Morgan fingerprint density at radius 1 is 1.20 bits per heavy atom. The number of pyridine rings is 1. The number of benzene rings is 1. The lowest BCUT2D eigenvalue weighted by Gasteiger charge is -2.07. The average Bonchev–Trinajstić information content (AvgIpc) is 2.48. The van der Waals surface area contributed by atoms with Gasteiger partial charge in [0.15, 0.2) is 0 Å². The molecular weight excluding hydrogens is 278 g/mol. The highest BCUT2D eigenvalue weighted by Crippen LogP contribution is 2.18. The number of methoxy groups -OCH3 is 1. The third kappa shape index (κ3) is 3.05. The number of hydrogen-bond acceptors (Lipinski definition) is 5. The van der Waals surface area contributed by atoms with E-state index in [1.165, 1.54) is 37.6 Å². The smallest absolute Gasteiger partial charge is 0.263 e. The van der Waals surface area contributed by atoms with Crippen molar-refractivity contribution in [3.63, 3.8) is 0 Å². The van der Waals surface area contributed by atoms with Gasteiger partial charge in [-0.15, -0.1) is 0 Å². The molecule has 0 amide bonds. The fraction of sp³-hybridized carbons (Fsp3) is 0.0769. The Morgan fingerprint density at radius 3 is 2.40 bits per heavy atom. The van der Waals surface area contributed by atoms with Crippen LogP contribution in [0, 0.1) is 11.3 Å². The van der Waals surface area contributed by atoms with E-state index in [-0.39, 0.29) is 10.7 Å². The molecule has 7 heteroatoms. The van der Waals surface area contributed by atoms with Crippen LogP contribution in [0.3, 0.4) is 0 Å². The van der Waals surface area contributed by atoms with E-state index >= 15 is 0 Å². The van der Waals surface area contributed by atoms with Crippen LogP contribution in [0.2, 0.25) is 0 Å². The molecule has 1 heterocycles. The van der Waals surface area contributed by atoms with E-state index < -0.39 is 10.0 Å². The quantitative estimate of drug-likeness (QED) is 0.926. The van der Waals surface area contributed by atoms with Gasteiger partial charge >= 0.3 is 0 Å². The van der Waals surface area contributed by atoms with E-state index in [0.717, 1.165) is 0 Å². The third-order valence-corrected chi connectivity index (χ3v) is 3.87. The molecule has 1 N–H and O–H groups in total. The summed E-state index contributed by atoms with van der Waals surface area (Å²) in [6.07, 6.45) is 1.30. The van der Waals surface area contributed by atoms with Gasteiger partial charge in [-0.25, -0.2) is 13.4 Å². The SMILES string of the molecule is COc1ccc(S(=O)(=O)Nc2ccc(C#N)cn2)cc1. The molecule has 0 spiro atoms. The van der Waals surface area contributed by atoms with E-state index in [9.17, 15) is 8.42 Å². The predicted molar refractivity (Wildman–Crippen MR) is 72.8 cm³/mol. The summed E-state index contributed by atoms with van der Waals surface area (Å²) in [5.74, 6) is 0.722. The van der Waals surface area contributed by atoms with E-state index in [0.29, 0.717) is 11.3 Å². The summed E-state index contributed by atoms with van der Waals surface area (Å²) in [6, 6.07) is 10.8. The zero-order valence-electron chi connectivity index (χ0n) is 10.6. The number of rotatable bonds is 4. The number of nitrogens with one attached hydrogen (secondary N) is 1. The van der Waals surface area contributed by atoms with Gasteiger partial charge in [0.1, 0.15) is 17.6 Å². The molecule has 0 fully saturated rings. The molecule has 0 radical (unpaired) electrons. The van der Waals surface area contributed by atoms with Crippen LogP contribution in [-0.4, -0.2) is 20.5 Å². The van der Waals surface area contributed by atoms with Crippen molar-refractivity contribution in [2.75, 3.05) is 11.8 Å². The van der Waals surface area contributed by atoms with Crippen molar-refractivity contribution in [2.24, 2.45) is 0 Å². The van der Waals surface area contributed by atoms with Crippen molar-refractivity contribution in [2.45, 2.75) is 4.90 Å². The summed E-state index contributed by atoms with van der Waals surface area (Å²) in [5, 5.41) is 8.65. The van der Waals surface area contributed by atoms with E-state index in [4.69, 9.17) is 10.00 Å². The fourth-order valence-electron chi connectivity index (χ4n) is 1.47. The van der Waals surface area contributed by atoms with Gasteiger partial charge in [0, 0.05) is 6.20 Å². The Balaban J connectivity index is 2.23. The van der Waals surface area contributed by atoms with Gasteiger partial charge in [0.25, 0.3) is 10.0 Å². The first kappa shape index (κ1) is 13.8. The Bertz CT molecular complexity index is 732. The van der Waals surface area contributed by atoms with Gasteiger partial charge in [0.2, 0.25) is 0 Å². The van der Waals surface area contributed by atoms with Gasteiger partial charge in [-0.1, -0.05) is 0 Å². The number of aromatic nitrogens is 1. The second-order valence-corrected chi connectivity index (χ2v) is 5.51. The van der Waals surface area contributed by atoms with Crippen LogP contribution in [0.15, 0.2) is 47.5 Å². The molecule has 0 aliphatic heterocycles. The van der Waals surface area contributed by atoms with Crippen LogP contribution < -0.4 is 9.46 Å². The molecule has 0 saturated heterocycles. The third-order valence-electron chi connectivity index (χ3n) is 2.50. The molecule has 6 nitrogen and oxygen atoms in total. The second kappa shape index (κ2) is 5.59. The van der Waals surface area contributed by atoms with Gasteiger partial charge in [0.05, 0.1) is 17.6 Å². The van der Waals surface area contributed by atoms with E-state index in [1.807, 2.05) is 6.07 Å². The van der Waals surface area contributed by atoms with Crippen LogP contribution in [0.1, 0.15) is 5.56 Å². The van der Waals surface area contributed by atoms with Crippen molar-refractivity contribution in [1.29, 1.82) is 5.26 Å². The van der Waals surface area contributed by atoms with Gasteiger partial charge in [-0.05, 0) is 36.4 Å². The maximum atomic E-state index is 12.1. The first-order valence-electron chi connectivity index (χ1n) is 5.58. The van der Waals surface area contributed by atoms with Gasteiger partial charge < -0.3 is 4.74 Å². The van der Waals surface area contributed by atoms with Crippen molar-refractivity contribution in [3.8, 4) is 11.8 Å². The zero-order chi connectivity index (χ0) is 14.6. The van der Waals surface area contributed by atoms with Crippen LogP contribution in [0.4, 0.5) is 5.82 Å². The number of hydrogen-bond donors (Lipinski definition) is 1. The molecule has 0 saturated carbocycles. The minimum absolute atomic E-state index is 0.101. The number of anilines is 1. The molecule has 1 aromatic carbocycles. The molecule has 0 aliphatic rings. The second-order valence-electron chi connectivity index (χ2n) is 3.82. The summed E-state index contributed by atoms with van der Waals surface area (Å²) in [7, 11) is -2.21. The van der Waals surface area contributed by atoms with E-state index in [1.54, 1.807) is 12.1 Å². The Hall–Kier alpha value is -2.59. The van der Waals surface area contributed by atoms with Gasteiger partial charge in [-0.3, -0.25) is 4.72 Å². The lowest BCUT2D eigenvalue weighted by Crippen LogP contribution is -2.13. The van der Waals surface area contributed by atoms with Crippen molar-refractivity contribution < 1.29 is 13.2 Å². The summed E-state index contributed by atoms with van der Waals surface area (Å²) < 4.78 is 31.5. The first-order chi connectivity index (χ1) is 9.55. The summed E-state index contributed by atoms with van der Waals surface area (Å²) in [4.78, 5) is 3.96. The van der Waals surface area contributed by atoms with Crippen LogP contribution in [0.5, 0.6) is 5.75 Å². The molecule has 0 unspecified atom stereocenters. The highest BCUT2D eigenvalue weighted by atomic mass is 32.2. The number of sulfonamides is 1. The normalized spacial score (nSPS) is 10.6. The molecule has 0 atom stereocenters. The maximum absolute atomic E-state index is 12.1. The monoisotopic (exact) mass is 289 g/mol. The van der Waals surface area contributed by atoms with Gasteiger partial charge in [-0.2, -0.15) is 5.26 Å². The lowest BCUT2D eigenvalue weighted by molar-refractivity contribution is 0.414. The highest BCUT2D eigenvalue weighted by molar-refractivity contribution is 7.92. The van der Waals surface area contributed by atoms with Crippen molar-refractivity contribution >= 4 is 15.8 Å². The fourth-order valence-corrected chi connectivity index (χ4v) is 2.48. The van der Waals surface area contributed by atoms with E-state index in [2.05, 4.69) is 9.71 Å². The number of ether oxygens (including phenoxy) is 1. The summed E-state index contributed by atoms with van der Waals surface area (Å²) >= 11 is 0. The predicted octanol–water partition coefficient (Wildman–Crippen LogP) is 1.76. The molecule has 20 heavy (non-hydrogen) atoms. The number of nitriles is 1. The first-order valence-corrected chi connectivity index (χ1v) is 7.06. The standard InChI is InChI=1S/C13H11N3O3S/c1-19-11-3-5-12(6-4-11)20(17,18)16-13-7-2-10(8-14)9-15-13/h2-7,9H,1H3,(H,15,16). The minimum atomic E-state index is -3.71. The summed E-state index contributed by atoms with van der Waals surface area (Å²) in [6.45, 7) is 0. The molecule has 102 valence electrons. The van der Waals surface area contributed by atoms with Crippen molar-refractivity contribution in [3.05, 3.63) is 48.2 Å². The molecule has 2 rings (SSSR count). The Kier molecular flexibility index (Phi) is 3.86. The largest absolute Gasteiger partial charge is 0.497 e. The summed E-state index contributed by atoms with van der Waals surface area (Å²) in [5.41, 5.74) is 0.359. The van der Waals surface area contributed by atoms with Crippen LogP contribution >= 0.6 is 0 Å². The Labute approximate surface area is 116 Å². The molecule has 2 aromatic rings. The molecule has 1 aromatic heterocycles. The molecule has 0 bridgehead atoms. The number of nitrogens with zero attached hydrogens (tertiary/aromatic N) is 2. The topological polar surface area (TPSA) is 92.1 Å². The molecular formula is C13H11N3O3S. The molecule has 0 aliphatic carbocycles. The minimum Gasteiger partial charge on any atom is -0.497 e. The average molecular weight is 289 g/mol. The van der Waals surface area contributed by atoms with Crippen LogP contribution in [-0.2, 0) is 10.0 Å². The lowest BCUT2D eigenvalue weighted by atomic mass is 10.3. The van der Waals surface area contributed by atoms with Crippen LogP contribution in [0.25, 0.3) is 0 Å². The van der Waals surface area contributed by atoms with Crippen molar-refractivity contribution in [1.82, 2.24) is 4.98 Å².